The van der Waals surface area contributed by atoms with Crippen molar-refractivity contribution >= 4 is 23.6 Å². The molecule has 3 N–H and O–H groups in total. The zero-order valence-corrected chi connectivity index (χ0v) is 16.8. The Morgan fingerprint density at radius 1 is 1.24 bits per heavy atom. The maximum Gasteiger partial charge on any atom is 0.315 e. The number of nitrogens with one attached hydrogen (secondary N) is 3. The van der Waals surface area contributed by atoms with Crippen molar-refractivity contribution in [1.29, 1.82) is 0 Å². The van der Waals surface area contributed by atoms with Crippen molar-refractivity contribution in [2.75, 3.05) is 18.0 Å². The Balaban J connectivity index is 0.000000169. The summed E-state index contributed by atoms with van der Waals surface area (Å²) < 4.78 is 13.3. The molecule has 1 saturated heterocycles. The smallest absolute Gasteiger partial charge is 0.315 e. The molecule has 2 aromatic rings. The molecule has 2 aliphatic rings. The molecule has 0 unspecified atom stereocenters. The normalized spacial score (nSPS) is 15.9. The Bertz CT molecular complexity index is 881. The van der Waals surface area contributed by atoms with Crippen LogP contribution in [-0.2, 0) is 6.54 Å². The number of hydrogen-bond acceptors (Lipinski definition) is 4. The summed E-state index contributed by atoms with van der Waals surface area (Å²) in [6.45, 7) is 2.18. The quantitative estimate of drug-likeness (QED) is 0.707. The highest BCUT2D eigenvalue weighted by Gasteiger charge is 2.23. The van der Waals surface area contributed by atoms with E-state index in [1.54, 1.807) is 18.3 Å². The van der Waals surface area contributed by atoms with Gasteiger partial charge in [0.25, 0.3) is 5.56 Å². The van der Waals surface area contributed by atoms with E-state index in [1.807, 2.05) is 0 Å². The fraction of sp³-hybridized carbons (Fsp3) is 0.450. The van der Waals surface area contributed by atoms with Crippen molar-refractivity contribution in [3.63, 3.8) is 0 Å². The Labute approximate surface area is 173 Å². The molecule has 0 bridgehead atoms. The number of amides is 2. The standard InChI is InChI=1S/C11H12ClFN2O.C9H13N3O/c12-8-2-1-7(10(13)5-8)6-14-11(16)15-9-3-4-9;13-8-4-5-10-9(11-8)12-6-2-1-3-7-12/h1-2,5,9H,3-4,6H2,(H2,14,15,16);4-5H,1-3,6-7H2,(H,10,11,13). The second kappa shape index (κ2) is 10.2. The van der Waals surface area contributed by atoms with Crippen molar-refractivity contribution in [2.24, 2.45) is 0 Å². The minimum atomic E-state index is -0.403. The van der Waals surface area contributed by atoms with Crippen LogP contribution in [0.1, 0.15) is 37.7 Å². The third-order valence-electron chi connectivity index (χ3n) is 4.68. The molecule has 156 valence electrons. The average Bonchev–Trinajstić information content (AvgIpc) is 3.52. The Hall–Kier alpha value is -2.61. The van der Waals surface area contributed by atoms with Crippen LogP contribution in [0.15, 0.2) is 35.3 Å². The van der Waals surface area contributed by atoms with Gasteiger partial charge in [-0.3, -0.25) is 9.78 Å². The Morgan fingerprint density at radius 2 is 2.00 bits per heavy atom. The number of nitrogens with zero attached hydrogens (tertiary/aromatic N) is 2. The van der Waals surface area contributed by atoms with E-state index in [9.17, 15) is 14.0 Å². The van der Waals surface area contributed by atoms with Crippen LogP contribution in [0.5, 0.6) is 0 Å². The van der Waals surface area contributed by atoms with Gasteiger partial charge < -0.3 is 15.5 Å². The van der Waals surface area contributed by atoms with Crippen LogP contribution < -0.4 is 21.1 Å². The highest BCUT2D eigenvalue weighted by molar-refractivity contribution is 6.30. The van der Waals surface area contributed by atoms with Crippen LogP contribution in [0.2, 0.25) is 5.02 Å². The highest BCUT2D eigenvalue weighted by Crippen LogP contribution is 2.18. The largest absolute Gasteiger partial charge is 0.342 e. The molecule has 1 aliphatic carbocycles. The first-order valence-electron chi connectivity index (χ1n) is 9.80. The van der Waals surface area contributed by atoms with Crippen LogP contribution in [0, 0.1) is 5.82 Å². The number of aromatic amines is 1. The number of rotatable bonds is 4. The highest BCUT2D eigenvalue weighted by atomic mass is 35.5. The molecule has 0 spiro atoms. The van der Waals surface area contributed by atoms with Gasteiger partial charge in [-0.25, -0.2) is 14.2 Å². The summed E-state index contributed by atoms with van der Waals surface area (Å²) in [5.74, 6) is 0.312. The fourth-order valence-corrected chi connectivity index (χ4v) is 3.09. The van der Waals surface area contributed by atoms with Crippen molar-refractivity contribution in [2.45, 2.75) is 44.7 Å². The average molecular weight is 422 g/mol. The molecule has 7 nitrogen and oxygen atoms in total. The van der Waals surface area contributed by atoms with Gasteiger partial charge in [-0.1, -0.05) is 17.7 Å². The van der Waals surface area contributed by atoms with Gasteiger partial charge in [-0.05, 0) is 44.2 Å². The Kier molecular flexibility index (Phi) is 7.46. The maximum atomic E-state index is 13.3. The SMILES string of the molecule is O=C(NCc1ccc(Cl)cc1F)NC1CC1.O=c1ccnc(N2CCCCC2)[nH]1. The second-order valence-corrected chi connectivity index (χ2v) is 7.58. The van der Waals surface area contributed by atoms with Gasteiger partial charge in [0.15, 0.2) is 0 Å². The van der Waals surface area contributed by atoms with E-state index < -0.39 is 5.82 Å². The van der Waals surface area contributed by atoms with Crippen molar-refractivity contribution in [3.8, 4) is 0 Å². The van der Waals surface area contributed by atoms with Crippen molar-refractivity contribution in [1.82, 2.24) is 20.6 Å². The molecule has 1 aromatic carbocycles. The third kappa shape index (κ3) is 7.05. The summed E-state index contributed by atoms with van der Waals surface area (Å²) in [6.07, 6.45) is 7.29. The number of H-pyrrole nitrogens is 1. The molecule has 2 amide bonds. The summed E-state index contributed by atoms with van der Waals surface area (Å²) >= 11 is 5.62. The molecule has 2 fully saturated rings. The van der Waals surface area contributed by atoms with E-state index in [0.717, 1.165) is 25.9 Å². The summed E-state index contributed by atoms with van der Waals surface area (Å²) in [7, 11) is 0. The number of piperidine rings is 1. The Morgan fingerprint density at radius 3 is 2.66 bits per heavy atom. The predicted octanol–water partition coefficient (Wildman–Crippen LogP) is 3.20. The molecule has 0 radical (unpaired) electrons. The maximum absolute atomic E-state index is 13.3. The first-order valence-corrected chi connectivity index (χ1v) is 10.2. The predicted molar refractivity (Wildman–Crippen MR) is 111 cm³/mol. The van der Waals surface area contributed by atoms with E-state index >= 15 is 0 Å². The lowest BCUT2D eigenvalue weighted by atomic mass is 10.1. The number of aromatic nitrogens is 2. The minimum absolute atomic E-state index is 0.0735. The van der Waals surface area contributed by atoms with E-state index in [4.69, 9.17) is 11.6 Å². The summed E-state index contributed by atoms with van der Waals surface area (Å²) in [4.78, 5) is 31.3. The van der Waals surface area contributed by atoms with Crippen LogP contribution in [0.3, 0.4) is 0 Å². The lowest BCUT2D eigenvalue weighted by molar-refractivity contribution is 0.240. The fourth-order valence-electron chi connectivity index (χ4n) is 2.93. The first-order chi connectivity index (χ1) is 14.0. The number of benzene rings is 1. The van der Waals surface area contributed by atoms with Gasteiger partial charge in [0, 0.05) is 48.5 Å². The summed E-state index contributed by atoms with van der Waals surface area (Å²) in [6, 6.07) is 5.88. The van der Waals surface area contributed by atoms with Gasteiger partial charge in [0.2, 0.25) is 5.95 Å². The van der Waals surface area contributed by atoms with E-state index in [0.29, 0.717) is 22.6 Å². The molecular weight excluding hydrogens is 397 g/mol. The minimum Gasteiger partial charge on any atom is -0.342 e. The number of halogens is 2. The van der Waals surface area contributed by atoms with E-state index in [-0.39, 0.29) is 18.1 Å². The number of carbonyl (C=O) groups is 1. The van der Waals surface area contributed by atoms with E-state index in [2.05, 4.69) is 25.5 Å². The lowest BCUT2D eigenvalue weighted by Gasteiger charge is -2.26. The topological polar surface area (TPSA) is 90.1 Å². The van der Waals surface area contributed by atoms with Crippen LogP contribution >= 0.6 is 11.6 Å². The van der Waals surface area contributed by atoms with Gasteiger partial charge in [0.05, 0.1) is 0 Å². The van der Waals surface area contributed by atoms with E-state index in [1.165, 1.54) is 31.4 Å². The molecule has 1 aliphatic heterocycles. The van der Waals surface area contributed by atoms with Gasteiger partial charge in [-0.15, -0.1) is 0 Å². The summed E-state index contributed by atoms with van der Waals surface area (Å²) in [5.41, 5.74) is 0.353. The molecular formula is C20H25ClFN5O2. The second-order valence-electron chi connectivity index (χ2n) is 7.14. The van der Waals surface area contributed by atoms with Gasteiger partial charge in [0.1, 0.15) is 5.82 Å². The van der Waals surface area contributed by atoms with Crippen LogP contribution in [-0.4, -0.2) is 35.1 Å². The van der Waals surface area contributed by atoms with Crippen LogP contribution in [0.25, 0.3) is 0 Å². The van der Waals surface area contributed by atoms with Gasteiger partial charge in [-0.2, -0.15) is 0 Å². The molecule has 1 saturated carbocycles. The monoisotopic (exact) mass is 421 g/mol. The number of anilines is 1. The molecule has 4 rings (SSSR count). The molecule has 2 heterocycles. The zero-order chi connectivity index (χ0) is 20.6. The molecule has 0 atom stereocenters. The lowest BCUT2D eigenvalue weighted by Crippen LogP contribution is -2.36. The third-order valence-corrected chi connectivity index (χ3v) is 4.92. The number of urea groups is 1. The number of hydrogen-bond donors (Lipinski definition) is 3. The molecule has 1 aromatic heterocycles. The zero-order valence-electron chi connectivity index (χ0n) is 16.1. The van der Waals surface area contributed by atoms with Crippen molar-refractivity contribution in [3.05, 3.63) is 57.2 Å². The number of carbonyl (C=O) groups excluding carboxylic acids is 1. The first kappa shape index (κ1) is 21.1. The molecule has 9 heteroatoms. The van der Waals surface area contributed by atoms with Crippen LogP contribution in [0.4, 0.5) is 15.1 Å². The molecule has 29 heavy (non-hydrogen) atoms. The van der Waals surface area contributed by atoms with Crippen molar-refractivity contribution < 1.29 is 9.18 Å². The summed E-state index contributed by atoms with van der Waals surface area (Å²) in [5, 5.41) is 5.70. The van der Waals surface area contributed by atoms with Gasteiger partial charge >= 0.3 is 6.03 Å².